The van der Waals surface area contributed by atoms with Gasteiger partial charge in [-0.15, -0.1) is 0 Å². The van der Waals surface area contributed by atoms with Gasteiger partial charge in [0.2, 0.25) is 5.91 Å². The predicted octanol–water partition coefficient (Wildman–Crippen LogP) is 1.02. The van der Waals surface area contributed by atoms with Crippen LogP contribution >= 0.6 is 0 Å². The van der Waals surface area contributed by atoms with Crippen LogP contribution in [0.5, 0.6) is 5.75 Å². The van der Waals surface area contributed by atoms with Gasteiger partial charge in [-0.3, -0.25) is 28.9 Å². The topological polar surface area (TPSA) is 180 Å². The zero-order valence-electron chi connectivity index (χ0n) is 23.7. The number of aromatic hydroxyl groups is 1. The summed E-state index contributed by atoms with van der Waals surface area (Å²) in [7, 11) is 3.10. The molecule has 0 saturated heterocycles. The number of fused-ring (bicyclic) bond motifs is 3. The van der Waals surface area contributed by atoms with E-state index in [9.17, 15) is 34.2 Å². The van der Waals surface area contributed by atoms with E-state index in [-0.39, 0.29) is 29.7 Å². The van der Waals surface area contributed by atoms with Crippen molar-refractivity contribution in [2.24, 2.45) is 29.4 Å². The molecule has 6 atom stereocenters. The lowest BCUT2D eigenvalue weighted by Gasteiger charge is -2.52. The molecule has 1 heterocycles. The van der Waals surface area contributed by atoms with Crippen LogP contribution < -0.4 is 11.1 Å². The minimum Gasteiger partial charge on any atom is -0.507 e. The summed E-state index contributed by atoms with van der Waals surface area (Å²) in [6, 6.07) is 5.45. The Bertz CT molecular complexity index is 1480. The lowest BCUT2D eigenvalue weighted by atomic mass is 9.52. The monoisotopic (exact) mass is 565 g/mol. The van der Waals surface area contributed by atoms with Gasteiger partial charge in [0.05, 0.1) is 24.1 Å². The lowest BCUT2D eigenvalue weighted by molar-refractivity contribution is -0.181. The van der Waals surface area contributed by atoms with Gasteiger partial charge < -0.3 is 25.7 Å². The van der Waals surface area contributed by atoms with E-state index in [4.69, 9.17) is 10.2 Å². The Morgan fingerprint density at radius 2 is 1.80 bits per heavy atom. The SMILES string of the molecule is CN(C)[C@@H]1C(=O)C(C(N)=O)C(=O)[C@@]2(O)C(=O)C3C(=O)c4c(O)ccc(-c5ccc(CNC(C)(C)C)o5)c4C[C@H]3C[C@@H]12. The molecular formula is C30H35N3O8. The smallest absolute Gasteiger partial charge is 0.235 e. The summed E-state index contributed by atoms with van der Waals surface area (Å²) >= 11 is 0. The number of aliphatic hydroxyl groups is 1. The second kappa shape index (κ2) is 9.71. The molecule has 2 fully saturated rings. The first kappa shape index (κ1) is 28.8. The van der Waals surface area contributed by atoms with Crippen LogP contribution in [0.4, 0.5) is 0 Å². The third-order valence-corrected chi connectivity index (χ3v) is 8.66. The van der Waals surface area contributed by atoms with Crippen molar-refractivity contribution in [2.45, 2.75) is 57.3 Å². The van der Waals surface area contributed by atoms with E-state index < -0.39 is 64.4 Å². The summed E-state index contributed by atoms with van der Waals surface area (Å²) in [5, 5.41) is 25.8. The summed E-state index contributed by atoms with van der Waals surface area (Å²) in [5.41, 5.74) is 3.47. The Morgan fingerprint density at radius 1 is 1.12 bits per heavy atom. The average Bonchev–Trinajstić information content (AvgIpc) is 3.33. The van der Waals surface area contributed by atoms with Crippen molar-refractivity contribution in [3.8, 4) is 17.1 Å². The number of carbonyl (C=O) groups is 5. The van der Waals surface area contributed by atoms with Crippen molar-refractivity contribution in [3.63, 3.8) is 0 Å². The van der Waals surface area contributed by atoms with Crippen LogP contribution in [0, 0.1) is 23.7 Å². The third-order valence-electron chi connectivity index (χ3n) is 8.66. The zero-order valence-corrected chi connectivity index (χ0v) is 23.7. The molecule has 0 aliphatic heterocycles. The maximum absolute atomic E-state index is 13.9. The van der Waals surface area contributed by atoms with E-state index in [0.29, 0.717) is 29.2 Å². The van der Waals surface area contributed by atoms with Crippen LogP contribution in [-0.2, 0) is 32.1 Å². The van der Waals surface area contributed by atoms with Gasteiger partial charge in [-0.05, 0) is 83.5 Å². The van der Waals surface area contributed by atoms with Crippen LogP contribution in [0.15, 0.2) is 28.7 Å². The standard InChI is InChI=1S/C30H35N3O8/c1-29(2,3)32-12-14-6-9-19(41-14)15-7-8-18(34)21-16(15)10-13-11-17-23(33(4)5)25(36)22(28(31)39)27(38)30(17,40)26(37)20(13)24(21)35/h6-9,13,17,20,22-23,32,34,40H,10-12H2,1-5H3,(H2,31,39)/t13-,17-,20?,22?,23-,30-/m0/s1. The molecule has 3 aliphatic rings. The van der Waals surface area contributed by atoms with Gasteiger partial charge in [-0.1, -0.05) is 0 Å². The number of phenols is 1. The second-order valence-electron chi connectivity index (χ2n) is 12.6. The van der Waals surface area contributed by atoms with Crippen molar-refractivity contribution in [1.29, 1.82) is 0 Å². The van der Waals surface area contributed by atoms with Gasteiger partial charge in [0.15, 0.2) is 34.7 Å². The second-order valence-corrected chi connectivity index (χ2v) is 12.6. The minimum absolute atomic E-state index is 0.0160. The quantitative estimate of drug-likeness (QED) is 0.382. The van der Waals surface area contributed by atoms with Crippen molar-refractivity contribution in [2.75, 3.05) is 14.1 Å². The van der Waals surface area contributed by atoms with Crippen LogP contribution in [0.2, 0.25) is 0 Å². The first-order valence-corrected chi connectivity index (χ1v) is 13.6. The molecule has 1 amide bonds. The fourth-order valence-electron chi connectivity index (χ4n) is 6.81. The first-order chi connectivity index (χ1) is 19.1. The van der Waals surface area contributed by atoms with Crippen LogP contribution in [0.25, 0.3) is 11.3 Å². The molecular weight excluding hydrogens is 530 g/mol. The van der Waals surface area contributed by atoms with Gasteiger partial charge in [0, 0.05) is 17.0 Å². The van der Waals surface area contributed by atoms with Crippen LogP contribution in [0.3, 0.4) is 0 Å². The van der Waals surface area contributed by atoms with Crippen LogP contribution in [-0.4, -0.2) is 75.4 Å². The van der Waals surface area contributed by atoms with Gasteiger partial charge in [-0.25, -0.2) is 0 Å². The highest BCUT2D eigenvalue weighted by molar-refractivity contribution is 6.32. The molecule has 1 aromatic carbocycles. The number of likely N-dealkylation sites (N-methyl/N-ethyl adjacent to an activating group) is 1. The van der Waals surface area contributed by atoms with E-state index in [1.807, 2.05) is 26.8 Å². The van der Waals surface area contributed by atoms with Crippen molar-refractivity contribution >= 4 is 29.0 Å². The zero-order chi connectivity index (χ0) is 30.2. The largest absolute Gasteiger partial charge is 0.507 e. The first-order valence-electron chi connectivity index (χ1n) is 13.6. The van der Waals surface area contributed by atoms with Gasteiger partial charge in [-0.2, -0.15) is 0 Å². The number of primary amides is 1. The fraction of sp³-hybridized carbons (Fsp3) is 0.500. The number of rotatable bonds is 5. The van der Waals surface area contributed by atoms with E-state index >= 15 is 0 Å². The summed E-state index contributed by atoms with van der Waals surface area (Å²) < 4.78 is 6.07. The van der Waals surface area contributed by atoms with Crippen molar-refractivity contribution in [1.82, 2.24) is 10.2 Å². The maximum atomic E-state index is 13.9. The number of hydrogen-bond acceptors (Lipinski definition) is 10. The van der Waals surface area contributed by atoms with Gasteiger partial charge in [0.1, 0.15) is 17.3 Å². The van der Waals surface area contributed by atoms with E-state index in [1.54, 1.807) is 26.2 Å². The molecule has 0 spiro atoms. The summed E-state index contributed by atoms with van der Waals surface area (Å²) in [4.78, 5) is 68.0. The molecule has 11 heteroatoms. The third kappa shape index (κ3) is 4.43. The van der Waals surface area contributed by atoms with Crippen molar-refractivity contribution < 1.29 is 38.6 Å². The number of carbonyl (C=O) groups excluding carboxylic acids is 5. The van der Waals surface area contributed by atoms with Gasteiger partial charge in [0.25, 0.3) is 0 Å². The van der Waals surface area contributed by atoms with Crippen LogP contribution in [0.1, 0.15) is 48.9 Å². The number of hydrogen-bond donors (Lipinski definition) is 4. The Balaban J connectivity index is 1.57. The van der Waals surface area contributed by atoms with E-state index in [2.05, 4.69) is 5.32 Å². The molecule has 218 valence electrons. The Labute approximate surface area is 237 Å². The summed E-state index contributed by atoms with van der Waals surface area (Å²) in [6.45, 7) is 6.57. The molecule has 2 unspecified atom stereocenters. The molecule has 2 saturated carbocycles. The number of nitrogens with zero attached hydrogens (tertiary/aromatic N) is 1. The molecule has 0 radical (unpaired) electrons. The highest BCUT2D eigenvalue weighted by Gasteiger charge is 2.69. The number of phenolic OH excluding ortho intramolecular Hbond substituents is 1. The summed E-state index contributed by atoms with van der Waals surface area (Å²) in [6.07, 6.45) is 0.143. The highest BCUT2D eigenvalue weighted by atomic mass is 16.3. The molecule has 41 heavy (non-hydrogen) atoms. The highest BCUT2D eigenvalue weighted by Crippen LogP contribution is 2.51. The molecule has 2 aromatic rings. The molecule has 5 rings (SSSR count). The molecule has 0 bridgehead atoms. The van der Waals surface area contributed by atoms with E-state index in [0.717, 1.165) is 0 Å². The number of ketones is 4. The maximum Gasteiger partial charge on any atom is 0.235 e. The number of nitrogens with two attached hydrogens (primary N) is 1. The number of furan rings is 1. The lowest BCUT2D eigenvalue weighted by Crippen LogP contribution is -2.74. The Morgan fingerprint density at radius 3 is 2.41 bits per heavy atom. The number of nitrogens with one attached hydrogen (secondary N) is 1. The fourth-order valence-corrected chi connectivity index (χ4v) is 6.81. The molecule has 5 N–H and O–H groups in total. The molecule has 1 aromatic heterocycles. The Kier molecular flexibility index (Phi) is 6.83. The predicted molar refractivity (Wildman–Crippen MR) is 146 cm³/mol. The number of amides is 1. The Hall–Kier alpha value is -3.67. The summed E-state index contributed by atoms with van der Waals surface area (Å²) in [5.74, 6) is -9.59. The van der Waals surface area contributed by atoms with E-state index in [1.165, 1.54) is 11.0 Å². The normalized spacial score (nSPS) is 29.8. The average molecular weight is 566 g/mol. The number of Topliss-reactive ketones (excluding diaryl/α,β-unsaturated/α-hetero) is 4. The minimum atomic E-state index is -2.75. The van der Waals surface area contributed by atoms with Gasteiger partial charge >= 0.3 is 0 Å². The number of benzene rings is 1. The van der Waals surface area contributed by atoms with Crippen molar-refractivity contribution in [3.05, 3.63) is 41.2 Å². The molecule has 3 aliphatic carbocycles. The molecule has 11 nitrogen and oxygen atoms in total.